The average Bonchev–Trinajstić information content (AvgIpc) is 2.11. The minimum Gasteiger partial charge on any atom is -0.392 e. The number of benzene rings is 1. The summed E-state index contributed by atoms with van der Waals surface area (Å²) in [6.07, 6.45) is 1.71. The molecule has 0 atom stereocenters. The zero-order chi connectivity index (χ0) is 9.84. The molecule has 0 aromatic heterocycles. The van der Waals surface area contributed by atoms with Crippen LogP contribution < -0.4 is 0 Å². The van der Waals surface area contributed by atoms with Gasteiger partial charge in [-0.1, -0.05) is 23.7 Å². The van der Waals surface area contributed by atoms with E-state index in [2.05, 4.69) is 0 Å². The zero-order valence-corrected chi connectivity index (χ0v) is 7.98. The summed E-state index contributed by atoms with van der Waals surface area (Å²) in [5.41, 5.74) is 1.48. The van der Waals surface area contributed by atoms with Gasteiger partial charge in [0.1, 0.15) is 5.82 Å². The van der Waals surface area contributed by atoms with Crippen molar-refractivity contribution in [3.63, 3.8) is 0 Å². The third-order valence-electron chi connectivity index (χ3n) is 1.61. The Morgan fingerprint density at radius 3 is 2.85 bits per heavy atom. The van der Waals surface area contributed by atoms with Crippen molar-refractivity contribution in [2.24, 2.45) is 0 Å². The van der Waals surface area contributed by atoms with Crippen LogP contribution in [0.3, 0.4) is 0 Å². The van der Waals surface area contributed by atoms with Crippen LogP contribution in [-0.4, -0.2) is 11.7 Å². The molecule has 13 heavy (non-hydrogen) atoms. The first-order valence-electron chi connectivity index (χ1n) is 3.86. The number of aliphatic hydroxyl groups excluding tert-OH is 1. The van der Waals surface area contributed by atoms with Gasteiger partial charge in [-0.3, -0.25) is 0 Å². The maximum Gasteiger partial charge on any atom is 0.142 e. The number of aliphatic hydroxyl groups is 1. The van der Waals surface area contributed by atoms with Gasteiger partial charge in [-0.15, -0.1) is 0 Å². The fraction of sp³-hybridized carbons (Fsp3) is 0.200. The molecule has 0 aliphatic heterocycles. The van der Waals surface area contributed by atoms with Gasteiger partial charge in [-0.25, -0.2) is 4.39 Å². The monoisotopic (exact) mass is 200 g/mol. The van der Waals surface area contributed by atoms with E-state index in [-0.39, 0.29) is 11.6 Å². The first-order valence-corrected chi connectivity index (χ1v) is 4.24. The number of hydrogen-bond donors (Lipinski definition) is 1. The predicted octanol–water partition coefficient (Wildman–Crippen LogP) is 2.87. The molecule has 0 saturated heterocycles. The van der Waals surface area contributed by atoms with E-state index in [1.165, 1.54) is 12.1 Å². The summed E-state index contributed by atoms with van der Waals surface area (Å²) in [5, 5.41) is 8.84. The van der Waals surface area contributed by atoms with Gasteiger partial charge in [-0.2, -0.15) is 0 Å². The van der Waals surface area contributed by atoms with E-state index in [1.54, 1.807) is 19.1 Å². The molecule has 0 radical (unpaired) electrons. The van der Waals surface area contributed by atoms with Crippen LogP contribution in [0.15, 0.2) is 23.8 Å². The fourth-order valence-electron chi connectivity index (χ4n) is 0.932. The highest BCUT2D eigenvalue weighted by molar-refractivity contribution is 6.30. The maximum absolute atomic E-state index is 12.9. The Balaban J connectivity index is 2.98. The molecule has 0 saturated carbocycles. The van der Waals surface area contributed by atoms with Crippen LogP contribution in [0.2, 0.25) is 5.02 Å². The Morgan fingerprint density at radius 2 is 2.31 bits per heavy atom. The summed E-state index contributed by atoms with van der Waals surface area (Å²) >= 11 is 5.51. The van der Waals surface area contributed by atoms with E-state index >= 15 is 0 Å². The van der Waals surface area contributed by atoms with Gasteiger partial charge < -0.3 is 5.11 Å². The third-order valence-corrected chi connectivity index (χ3v) is 1.91. The second kappa shape index (κ2) is 4.40. The molecule has 1 nitrogen and oxygen atoms in total. The second-order valence-electron chi connectivity index (χ2n) is 2.82. The highest BCUT2D eigenvalue weighted by Gasteiger charge is 1.98. The Bertz CT molecular complexity index is 334. The fourth-order valence-corrected chi connectivity index (χ4v) is 1.05. The van der Waals surface area contributed by atoms with Crippen LogP contribution in [0.5, 0.6) is 0 Å². The molecule has 0 bridgehead atoms. The van der Waals surface area contributed by atoms with Crippen LogP contribution in [-0.2, 0) is 0 Å². The standard InChI is InChI=1S/C10H10ClFO/c1-7(6-13)4-8-2-3-9(11)10(12)5-8/h2-5,13H,6H2,1H3. The molecule has 0 spiro atoms. The van der Waals surface area contributed by atoms with Crippen molar-refractivity contribution in [3.8, 4) is 0 Å². The predicted molar refractivity (Wildman–Crippen MR) is 52.1 cm³/mol. The van der Waals surface area contributed by atoms with E-state index in [0.717, 1.165) is 5.57 Å². The second-order valence-corrected chi connectivity index (χ2v) is 3.23. The molecule has 0 unspecified atom stereocenters. The summed E-state index contributed by atoms with van der Waals surface area (Å²) in [6.45, 7) is 1.75. The van der Waals surface area contributed by atoms with Gasteiger partial charge in [0, 0.05) is 0 Å². The van der Waals surface area contributed by atoms with Gasteiger partial charge >= 0.3 is 0 Å². The molecular formula is C10H10ClFO. The van der Waals surface area contributed by atoms with Gasteiger partial charge in [0.05, 0.1) is 11.6 Å². The van der Waals surface area contributed by atoms with Gasteiger partial charge in [-0.05, 0) is 30.2 Å². The third kappa shape index (κ3) is 2.83. The molecule has 1 aromatic carbocycles. The van der Waals surface area contributed by atoms with E-state index in [1.807, 2.05) is 0 Å². The SMILES string of the molecule is CC(=Cc1ccc(Cl)c(F)c1)CO. The lowest BCUT2D eigenvalue weighted by Crippen LogP contribution is -1.85. The molecule has 0 heterocycles. The summed E-state index contributed by atoms with van der Waals surface area (Å²) in [7, 11) is 0. The smallest absolute Gasteiger partial charge is 0.142 e. The van der Waals surface area contributed by atoms with Crippen molar-refractivity contribution in [3.05, 3.63) is 40.2 Å². The molecule has 0 amide bonds. The summed E-state index contributed by atoms with van der Waals surface area (Å²) in [5.74, 6) is -0.443. The Hall–Kier alpha value is -0.860. The number of hydrogen-bond acceptors (Lipinski definition) is 1. The molecule has 0 aliphatic rings. The largest absolute Gasteiger partial charge is 0.392 e. The molecule has 0 aliphatic carbocycles. The topological polar surface area (TPSA) is 20.2 Å². The van der Waals surface area contributed by atoms with Gasteiger partial charge in [0.2, 0.25) is 0 Å². The first-order chi connectivity index (χ1) is 6.13. The average molecular weight is 201 g/mol. The quantitative estimate of drug-likeness (QED) is 0.779. The van der Waals surface area contributed by atoms with Crippen LogP contribution >= 0.6 is 11.6 Å². The minimum atomic E-state index is -0.443. The van der Waals surface area contributed by atoms with Gasteiger partial charge in [0.15, 0.2) is 0 Å². The molecule has 1 rings (SSSR count). The summed E-state index contributed by atoms with van der Waals surface area (Å²) < 4.78 is 12.9. The van der Waals surface area contributed by atoms with Crippen molar-refractivity contribution in [1.82, 2.24) is 0 Å². The molecular weight excluding hydrogens is 191 g/mol. The van der Waals surface area contributed by atoms with Crippen LogP contribution in [0.25, 0.3) is 6.08 Å². The van der Waals surface area contributed by atoms with E-state index in [9.17, 15) is 4.39 Å². The lowest BCUT2D eigenvalue weighted by atomic mass is 10.1. The number of rotatable bonds is 2. The van der Waals surface area contributed by atoms with Gasteiger partial charge in [0.25, 0.3) is 0 Å². The lowest BCUT2D eigenvalue weighted by molar-refractivity contribution is 0.332. The van der Waals surface area contributed by atoms with Crippen molar-refractivity contribution in [2.75, 3.05) is 6.61 Å². The Labute approximate surface area is 81.5 Å². The molecule has 0 fully saturated rings. The summed E-state index contributed by atoms with van der Waals surface area (Å²) in [6, 6.07) is 4.53. The Kier molecular flexibility index (Phi) is 3.46. The van der Waals surface area contributed by atoms with Crippen molar-refractivity contribution < 1.29 is 9.50 Å². The van der Waals surface area contributed by atoms with E-state index in [4.69, 9.17) is 16.7 Å². The molecule has 3 heteroatoms. The first kappa shape index (κ1) is 10.2. The normalized spacial score (nSPS) is 11.8. The van der Waals surface area contributed by atoms with Crippen molar-refractivity contribution in [2.45, 2.75) is 6.92 Å². The molecule has 1 N–H and O–H groups in total. The molecule has 1 aromatic rings. The minimum absolute atomic E-state index is 0.0236. The lowest BCUT2D eigenvalue weighted by Gasteiger charge is -1.98. The summed E-state index contributed by atoms with van der Waals surface area (Å²) in [4.78, 5) is 0. The van der Waals surface area contributed by atoms with Crippen LogP contribution in [0.4, 0.5) is 4.39 Å². The highest BCUT2D eigenvalue weighted by atomic mass is 35.5. The highest BCUT2D eigenvalue weighted by Crippen LogP contribution is 2.17. The van der Waals surface area contributed by atoms with Crippen LogP contribution in [0.1, 0.15) is 12.5 Å². The molecule has 70 valence electrons. The van der Waals surface area contributed by atoms with E-state index in [0.29, 0.717) is 5.56 Å². The zero-order valence-electron chi connectivity index (χ0n) is 7.22. The maximum atomic E-state index is 12.9. The van der Waals surface area contributed by atoms with E-state index < -0.39 is 5.82 Å². The van der Waals surface area contributed by atoms with Crippen LogP contribution in [0, 0.1) is 5.82 Å². The van der Waals surface area contributed by atoms with Crippen molar-refractivity contribution in [1.29, 1.82) is 0 Å². The Morgan fingerprint density at radius 1 is 1.62 bits per heavy atom. The number of halogens is 2. The van der Waals surface area contributed by atoms with Crippen molar-refractivity contribution >= 4 is 17.7 Å².